The van der Waals surface area contributed by atoms with Gasteiger partial charge < -0.3 is 14.3 Å². The minimum atomic E-state index is -1.42. The summed E-state index contributed by atoms with van der Waals surface area (Å²) in [6.45, 7) is 11.5. The molecule has 1 atom stereocenters. The summed E-state index contributed by atoms with van der Waals surface area (Å²) in [4.78, 5) is 12.0. The molecule has 4 nitrogen and oxygen atoms in total. The van der Waals surface area contributed by atoms with Crippen LogP contribution in [0.4, 0.5) is 0 Å². The maximum absolute atomic E-state index is 12.0. The quantitative estimate of drug-likeness (QED) is 0.817. The Hall–Kier alpha value is -1.33. The standard InChI is InChI=1S/C16H25O4Si/c1-12-9-7-8-10-13(12)20-16(14(17)18,15(2,3)4)11-19-21(5)6/h7-10H,11H2,1-6H3,(H,17,18). The van der Waals surface area contributed by atoms with Crippen molar-refractivity contribution >= 4 is 15.0 Å². The molecule has 21 heavy (non-hydrogen) atoms. The van der Waals surface area contributed by atoms with Crippen molar-refractivity contribution in [2.24, 2.45) is 5.41 Å². The van der Waals surface area contributed by atoms with Crippen LogP contribution in [-0.4, -0.2) is 32.3 Å². The molecule has 0 fully saturated rings. The van der Waals surface area contributed by atoms with Crippen LogP contribution in [0.1, 0.15) is 26.3 Å². The number of benzene rings is 1. The molecular weight excluding hydrogens is 284 g/mol. The summed E-state index contributed by atoms with van der Waals surface area (Å²) in [5.41, 5.74) is -1.12. The van der Waals surface area contributed by atoms with E-state index in [1.165, 1.54) is 0 Å². The lowest BCUT2D eigenvalue weighted by atomic mass is 9.76. The highest BCUT2D eigenvalue weighted by Gasteiger charge is 2.52. The smallest absolute Gasteiger partial charge is 0.351 e. The lowest BCUT2D eigenvalue weighted by Gasteiger charge is -2.41. The fraction of sp³-hybridized carbons (Fsp3) is 0.562. The molecule has 0 aliphatic rings. The molecule has 1 radical (unpaired) electrons. The molecule has 1 aromatic carbocycles. The topological polar surface area (TPSA) is 55.8 Å². The van der Waals surface area contributed by atoms with E-state index in [4.69, 9.17) is 9.16 Å². The van der Waals surface area contributed by atoms with Gasteiger partial charge in [-0.2, -0.15) is 0 Å². The Morgan fingerprint density at radius 2 is 1.81 bits per heavy atom. The summed E-state index contributed by atoms with van der Waals surface area (Å²) in [5.74, 6) is -0.416. The summed E-state index contributed by atoms with van der Waals surface area (Å²) in [7, 11) is -1.00. The van der Waals surface area contributed by atoms with Crippen LogP contribution in [0.3, 0.4) is 0 Å². The zero-order valence-electron chi connectivity index (χ0n) is 13.7. The molecule has 1 unspecified atom stereocenters. The van der Waals surface area contributed by atoms with Gasteiger partial charge in [0.15, 0.2) is 0 Å². The highest BCUT2D eigenvalue weighted by molar-refractivity contribution is 6.48. The van der Waals surface area contributed by atoms with Crippen molar-refractivity contribution in [3.05, 3.63) is 29.8 Å². The Labute approximate surface area is 128 Å². The Bertz CT molecular complexity index is 493. The van der Waals surface area contributed by atoms with E-state index in [0.29, 0.717) is 5.75 Å². The van der Waals surface area contributed by atoms with Crippen molar-refractivity contribution in [2.45, 2.75) is 46.4 Å². The molecule has 0 saturated heterocycles. The first-order valence-corrected chi connectivity index (χ1v) is 9.42. The molecule has 1 aromatic rings. The normalized spacial score (nSPS) is 14.8. The second-order valence-corrected chi connectivity index (χ2v) is 8.55. The van der Waals surface area contributed by atoms with Crippen LogP contribution in [0.25, 0.3) is 0 Å². The number of aryl methyl sites for hydroxylation is 1. The first-order valence-electron chi connectivity index (χ1n) is 7.01. The Morgan fingerprint density at radius 3 is 2.24 bits per heavy atom. The highest BCUT2D eigenvalue weighted by atomic mass is 28.3. The van der Waals surface area contributed by atoms with E-state index >= 15 is 0 Å². The molecule has 0 spiro atoms. The number of hydrogen-bond acceptors (Lipinski definition) is 3. The number of rotatable bonds is 6. The molecule has 117 valence electrons. The second-order valence-electron chi connectivity index (χ2n) is 6.45. The lowest BCUT2D eigenvalue weighted by Crippen LogP contribution is -2.58. The zero-order valence-corrected chi connectivity index (χ0v) is 14.7. The molecule has 0 amide bonds. The number of carbonyl (C=O) groups is 1. The number of ether oxygens (including phenoxy) is 1. The molecular formula is C16H25O4Si. The molecule has 0 aromatic heterocycles. The van der Waals surface area contributed by atoms with Gasteiger partial charge in [-0.3, -0.25) is 0 Å². The number of para-hydroxylation sites is 1. The van der Waals surface area contributed by atoms with Gasteiger partial charge in [0, 0.05) is 5.41 Å². The van der Waals surface area contributed by atoms with Gasteiger partial charge in [-0.05, 0) is 31.6 Å². The van der Waals surface area contributed by atoms with Gasteiger partial charge >= 0.3 is 5.97 Å². The van der Waals surface area contributed by atoms with E-state index in [9.17, 15) is 9.90 Å². The molecule has 1 rings (SSSR count). The van der Waals surface area contributed by atoms with Crippen LogP contribution >= 0.6 is 0 Å². The minimum Gasteiger partial charge on any atom is -0.478 e. The molecule has 0 aliphatic carbocycles. The molecule has 0 heterocycles. The summed E-state index contributed by atoms with van der Waals surface area (Å²) >= 11 is 0. The first-order chi connectivity index (χ1) is 9.60. The molecule has 0 bridgehead atoms. The average Bonchev–Trinajstić information content (AvgIpc) is 2.34. The SMILES string of the molecule is Cc1ccccc1OC(CO[Si](C)C)(C(=O)O)C(C)(C)C. The monoisotopic (exact) mass is 309 g/mol. The van der Waals surface area contributed by atoms with Crippen LogP contribution in [0.2, 0.25) is 13.1 Å². The van der Waals surface area contributed by atoms with Crippen molar-refractivity contribution in [1.29, 1.82) is 0 Å². The van der Waals surface area contributed by atoms with Crippen LogP contribution in [0.5, 0.6) is 5.75 Å². The fourth-order valence-corrected chi connectivity index (χ4v) is 2.42. The van der Waals surface area contributed by atoms with Gasteiger partial charge in [0.05, 0.1) is 6.61 Å². The van der Waals surface area contributed by atoms with E-state index in [2.05, 4.69) is 0 Å². The summed E-state index contributed by atoms with van der Waals surface area (Å²) in [6, 6.07) is 7.44. The fourth-order valence-electron chi connectivity index (χ4n) is 1.93. The van der Waals surface area contributed by atoms with Gasteiger partial charge in [0.2, 0.25) is 14.6 Å². The molecule has 1 N–H and O–H groups in total. The Kier molecular flexibility index (Phi) is 5.59. The second kappa shape index (κ2) is 6.62. The number of carboxylic acids is 1. The van der Waals surface area contributed by atoms with Crippen LogP contribution in [0.15, 0.2) is 24.3 Å². The minimum absolute atomic E-state index is 0.0431. The van der Waals surface area contributed by atoms with Crippen molar-refractivity contribution in [1.82, 2.24) is 0 Å². The third-order valence-electron chi connectivity index (χ3n) is 3.50. The van der Waals surface area contributed by atoms with Gasteiger partial charge in [-0.25, -0.2) is 4.79 Å². The molecule has 0 aliphatic heterocycles. The van der Waals surface area contributed by atoms with E-state index < -0.39 is 26.0 Å². The number of hydrogen-bond donors (Lipinski definition) is 1. The van der Waals surface area contributed by atoms with Gasteiger partial charge in [0.25, 0.3) is 0 Å². The number of aliphatic carboxylic acids is 1. The summed E-state index contributed by atoms with van der Waals surface area (Å²) < 4.78 is 11.7. The summed E-state index contributed by atoms with van der Waals surface area (Å²) in [6.07, 6.45) is 0. The molecule has 0 saturated carbocycles. The lowest BCUT2D eigenvalue weighted by molar-refractivity contribution is -0.171. The largest absolute Gasteiger partial charge is 0.478 e. The van der Waals surface area contributed by atoms with E-state index in [-0.39, 0.29) is 6.61 Å². The Balaban J connectivity index is 3.23. The van der Waals surface area contributed by atoms with E-state index in [0.717, 1.165) is 5.56 Å². The zero-order chi connectivity index (χ0) is 16.3. The third kappa shape index (κ3) is 4.08. The predicted octanol–water partition coefficient (Wildman–Crippen LogP) is 3.51. The predicted molar refractivity (Wildman–Crippen MR) is 85.1 cm³/mol. The third-order valence-corrected chi connectivity index (χ3v) is 4.22. The van der Waals surface area contributed by atoms with Crippen molar-refractivity contribution in [3.63, 3.8) is 0 Å². The van der Waals surface area contributed by atoms with Crippen molar-refractivity contribution < 1.29 is 19.1 Å². The van der Waals surface area contributed by atoms with Crippen molar-refractivity contribution in [2.75, 3.05) is 6.61 Å². The molecule has 5 heteroatoms. The van der Waals surface area contributed by atoms with Crippen LogP contribution < -0.4 is 4.74 Å². The number of carboxylic acid groups (broad SMARTS) is 1. The van der Waals surface area contributed by atoms with Gasteiger partial charge in [-0.1, -0.05) is 39.0 Å². The van der Waals surface area contributed by atoms with Crippen LogP contribution in [0, 0.1) is 12.3 Å². The van der Waals surface area contributed by atoms with Crippen molar-refractivity contribution in [3.8, 4) is 5.75 Å². The average molecular weight is 309 g/mol. The summed E-state index contributed by atoms with van der Waals surface area (Å²) in [5, 5.41) is 9.83. The highest BCUT2D eigenvalue weighted by Crippen LogP contribution is 2.37. The maximum Gasteiger partial charge on any atom is 0.351 e. The maximum atomic E-state index is 12.0. The van der Waals surface area contributed by atoms with E-state index in [1.54, 1.807) is 6.07 Å². The van der Waals surface area contributed by atoms with Gasteiger partial charge in [0.1, 0.15) is 5.75 Å². The Morgan fingerprint density at radius 1 is 1.24 bits per heavy atom. The van der Waals surface area contributed by atoms with Gasteiger partial charge in [-0.15, -0.1) is 0 Å². The van der Waals surface area contributed by atoms with Crippen LogP contribution in [-0.2, 0) is 9.22 Å². The first kappa shape index (κ1) is 17.7. The van der Waals surface area contributed by atoms with E-state index in [1.807, 2.05) is 59.0 Å².